The maximum absolute atomic E-state index is 11.6. The summed E-state index contributed by atoms with van der Waals surface area (Å²) in [6.07, 6.45) is 11.8. The van der Waals surface area contributed by atoms with Gasteiger partial charge >= 0.3 is 16.5 Å². The van der Waals surface area contributed by atoms with Crippen molar-refractivity contribution in [2.24, 2.45) is 5.18 Å². The number of carbonyl (C=O) groups is 2. The van der Waals surface area contributed by atoms with E-state index in [9.17, 15) is 14.8 Å². The van der Waals surface area contributed by atoms with Crippen LogP contribution in [0.3, 0.4) is 0 Å². The molecule has 0 unspecified atom stereocenters. The number of carbonyl (C=O) groups excluding carboxylic acids is 1. The molecule has 0 saturated carbocycles. The Balaban J connectivity index is 0. The molecule has 1 saturated heterocycles. The summed E-state index contributed by atoms with van der Waals surface area (Å²) in [5.74, 6) is -1.44. The molecule has 190 valence electrons. The molecule has 0 radical (unpaired) electrons. The number of amides is 1. The molecule has 1 fully saturated rings. The standard InChI is InChI=1S/C11H13N3O3.C5H10N.C5H6N.C2H4O2.Ni/c1-7(8(2)14-17)12-13-11(16)9-5-3-4-6-10(9)15;2*1-2-4-6-5-3-1;1-2(3)4;/h3-6,12,15H,1-2H3,(H,13,16);1-5H2;1-4H,5H2;1H3,(H,3,4);/q;2*-1;;+2. The fourth-order valence-electron chi connectivity index (χ4n) is 2.15. The predicted octanol–water partition coefficient (Wildman–Crippen LogP) is 4.72. The van der Waals surface area contributed by atoms with Crippen LogP contribution in [0, 0.1) is 4.91 Å². The molecular weight excluding hydrogens is 485 g/mol. The smallest absolute Gasteiger partial charge is 0.687 e. The monoisotopic (exact) mass is 517 g/mol. The second-order valence-electron chi connectivity index (χ2n) is 6.78. The van der Waals surface area contributed by atoms with Crippen molar-refractivity contribution in [2.75, 3.05) is 19.6 Å². The van der Waals surface area contributed by atoms with Crippen molar-refractivity contribution in [1.29, 1.82) is 0 Å². The molecule has 0 spiro atoms. The Labute approximate surface area is 210 Å². The number of allylic oxidation sites excluding steroid dienone is 4. The van der Waals surface area contributed by atoms with Crippen molar-refractivity contribution in [2.45, 2.75) is 40.0 Å². The number of para-hydroxylation sites is 1. The van der Waals surface area contributed by atoms with Crippen molar-refractivity contribution in [3.8, 4) is 5.75 Å². The van der Waals surface area contributed by atoms with Gasteiger partial charge in [0.1, 0.15) is 11.4 Å². The summed E-state index contributed by atoms with van der Waals surface area (Å²) in [5, 5.41) is 27.7. The first-order chi connectivity index (χ1) is 15.8. The number of rotatable bonds is 4. The van der Waals surface area contributed by atoms with E-state index in [2.05, 4.69) is 26.7 Å². The molecule has 3 rings (SSSR count). The number of carboxylic acid groups (broad SMARTS) is 1. The molecule has 4 N–H and O–H groups in total. The van der Waals surface area contributed by atoms with Gasteiger partial charge in [0.05, 0.1) is 11.3 Å². The third-order valence-corrected chi connectivity index (χ3v) is 3.97. The minimum absolute atomic E-state index is 0. The van der Waals surface area contributed by atoms with Crippen molar-refractivity contribution in [3.63, 3.8) is 0 Å². The SMILES string of the molecule is C1=CC[N-]C=C1.C1CC[N-]CC1.CC(=O)O.CC(N=O)=C(C)NNC(=O)c1ccccc1O.[Ni+2]. The number of hydrogen-bond donors (Lipinski definition) is 4. The molecule has 0 aliphatic carbocycles. The number of aromatic hydroxyl groups is 1. The molecule has 1 aromatic rings. The number of hydrogen-bond acceptors (Lipinski definition) is 6. The molecule has 0 atom stereocenters. The number of aliphatic carboxylic acids is 1. The third-order valence-electron chi connectivity index (χ3n) is 3.97. The van der Waals surface area contributed by atoms with Gasteiger partial charge in [-0.25, -0.2) is 0 Å². The minimum atomic E-state index is -0.833. The summed E-state index contributed by atoms with van der Waals surface area (Å²) in [6.45, 7) is 7.31. The van der Waals surface area contributed by atoms with Gasteiger partial charge in [0.2, 0.25) is 0 Å². The second-order valence-corrected chi connectivity index (χ2v) is 6.78. The molecule has 34 heavy (non-hydrogen) atoms. The van der Waals surface area contributed by atoms with E-state index in [1.807, 2.05) is 18.2 Å². The summed E-state index contributed by atoms with van der Waals surface area (Å²) in [5.41, 5.74) is 5.70. The molecule has 2 aliphatic rings. The van der Waals surface area contributed by atoms with Gasteiger partial charge in [-0.05, 0) is 31.2 Å². The number of piperidine rings is 1. The Kier molecular flexibility index (Phi) is 21.0. The van der Waals surface area contributed by atoms with E-state index in [-0.39, 0.29) is 33.5 Å². The number of phenolic OH excluding ortho intramolecular Hbond substituents is 1. The first kappa shape index (κ1) is 33.0. The van der Waals surface area contributed by atoms with Crippen molar-refractivity contribution >= 4 is 11.9 Å². The molecule has 0 bridgehead atoms. The fourth-order valence-corrected chi connectivity index (χ4v) is 2.15. The maximum atomic E-state index is 11.6. The van der Waals surface area contributed by atoms with Gasteiger partial charge in [-0.2, -0.15) is 6.20 Å². The molecule has 1 aromatic carbocycles. The van der Waals surface area contributed by atoms with E-state index >= 15 is 0 Å². The Morgan fingerprint density at radius 2 is 1.62 bits per heavy atom. The normalized spacial score (nSPS) is 13.7. The summed E-state index contributed by atoms with van der Waals surface area (Å²) in [6, 6.07) is 6.15. The number of benzene rings is 1. The van der Waals surface area contributed by atoms with Crippen LogP contribution in [0.25, 0.3) is 10.6 Å². The van der Waals surface area contributed by atoms with Crippen molar-refractivity contribution < 1.29 is 36.3 Å². The molecule has 2 aliphatic heterocycles. The van der Waals surface area contributed by atoms with Crippen LogP contribution in [0.4, 0.5) is 0 Å². The van der Waals surface area contributed by atoms with Gasteiger partial charge in [-0.15, -0.1) is 30.6 Å². The maximum Gasteiger partial charge on any atom is 2.00 e. The van der Waals surface area contributed by atoms with E-state index in [0.29, 0.717) is 5.70 Å². The van der Waals surface area contributed by atoms with Crippen LogP contribution in [-0.2, 0) is 21.3 Å². The largest absolute Gasteiger partial charge is 2.00 e. The third kappa shape index (κ3) is 18.4. The summed E-state index contributed by atoms with van der Waals surface area (Å²) < 4.78 is 0. The molecule has 2 heterocycles. The van der Waals surface area contributed by atoms with Gasteiger partial charge in [-0.3, -0.25) is 15.0 Å². The number of nitrogens with one attached hydrogen (secondary N) is 2. The zero-order chi connectivity index (χ0) is 24.9. The van der Waals surface area contributed by atoms with Gasteiger partial charge in [0.25, 0.3) is 11.9 Å². The van der Waals surface area contributed by atoms with Crippen molar-refractivity contribution in [3.05, 3.63) is 81.2 Å². The van der Waals surface area contributed by atoms with Crippen LogP contribution in [-0.4, -0.2) is 41.7 Å². The zero-order valence-corrected chi connectivity index (χ0v) is 20.6. The number of carboxylic acids is 1. The van der Waals surface area contributed by atoms with Crippen LogP contribution in [0.5, 0.6) is 5.75 Å². The number of nitrogens with zero attached hydrogens (tertiary/aromatic N) is 3. The average molecular weight is 518 g/mol. The summed E-state index contributed by atoms with van der Waals surface area (Å²) >= 11 is 0. The number of phenols is 1. The average Bonchev–Trinajstić information content (AvgIpc) is 2.84. The quantitative estimate of drug-likeness (QED) is 0.257. The van der Waals surface area contributed by atoms with Crippen molar-refractivity contribution in [1.82, 2.24) is 10.9 Å². The molecule has 11 heteroatoms. The summed E-state index contributed by atoms with van der Waals surface area (Å²) in [7, 11) is 0. The number of hydrazine groups is 1. The van der Waals surface area contributed by atoms with Crippen LogP contribution in [0.15, 0.2) is 65.3 Å². The van der Waals surface area contributed by atoms with Crippen LogP contribution in [0.2, 0.25) is 0 Å². The summed E-state index contributed by atoms with van der Waals surface area (Å²) in [4.78, 5) is 30.8. The van der Waals surface area contributed by atoms with Crippen LogP contribution >= 0.6 is 0 Å². The number of nitroso groups, excluding NO2 is 1. The predicted molar refractivity (Wildman–Crippen MR) is 130 cm³/mol. The Hall–Kier alpha value is -3.17. The van der Waals surface area contributed by atoms with E-state index in [1.165, 1.54) is 38.3 Å². The first-order valence-corrected chi connectivity index (χ1v) is 10.5. The molecule has 10 nitrogen and oxygen atoms in total. The Bertz CT molecular complexity index is 796. The second kappa shape index (κ2) is 21.7. The van der Waals surface area contributed by atoms with E-state index < -0.39 is 11.9 Å². The minimum Gasteiger partial charge on any atom is -0.687 e. The Morgan fingerprint density at radius 1 is 1.00 bits per heavy atom. The zero-order valence-electron chi connectivity index (χ0n) is 19.6. The first-order valence-electron chi connectivity index (χ1n) is 10.5. The Morgan fingerprint density at radius 3 is 1.97 bits per heavy atom. The van der Waals surface area contributed by atoms with E-state index in [1.54, 1.807) is 25.3 Å². The van der Waals surface area contributed by atoms with Gasteiger partial charge in [0.15, 0.2) is 0 Å². The van der Waals surface area contributed by atoms with Gasteiger partial charge < -0.3 is 26.3 Å². The molecular formula is C23H33N5NiO5. The van der Waals surface area contributed by atoms with Gasteiger partial charge in [-0.1, -0.05) is 43.5 Å². The van der Waals surface area contributed by atoms with E-state index in [4.69, 9.17) is 9.90 Å². The fraction of sp³-hybridized carbons (Fsp3) is 0.391. The molecule has 1 amide bonds. The van der Waals surface area contributed by atoms with Crippen LogP contribution in [0.1, 0.15) is 50.4 Å². The molecule has 0 aromatic heterocycles. The van der Waals surface area contributed by atoms with Gasteiger partial charge in [0, 0.05) is 6.92 Å². The van der Waals surface area contributed by atoms with E-state index in [0.717, 1.165) is 26.6 Å². The topological polar surface area (TPSA) is 156 Å². The van der Waals surface area contributed by atoms with Crippen LogP contribution < -0.4 is 10.9 Å².